The summed E-state index contributed by atoms with van der Waals surface area (Å²) in [6.45, 7) is 3.26. The van der Waals surface area contributed by atoms with Crippen molar-refractivity contribution in [1.82, 2.24) is 4.90 Å². The number of hydrogen-bond donors (Lipinski definition) is 1. The Balaban J connectivity index is 1.67. The molecule has 2 unspecified atom stereocenters. The van der Waals surface area contributed by atoms with E-state index in [4.69, 9.17) is 4.74 Å². The van der Waals surface area contributed by atoms with Crippen LogP contribution in [0, 0.1) is 0 Å². The number of carbonyl (C=O) groups is 1. The van der Waals surface area contributed by atoms with Crippen molar-refractivity contribution in [3.8, 4) is 0 Å². The first-order valence-electron chi connectivity index (χ1n) is 7.38. The molecule has 2 aliphatic heterocycles. The number of rotatable bonds is 4. The Kier molecular flexibility index (Phi) is 4.03. The average Bonchev–Trinajstić information content (AvgIpc) is 2.97. The number of carboxylic acids is 1. The molecule has 1 aromatic carbocycles. The first-order chi connectivity index (χ1) is 9.74. The second-order valence-corrected chi connectivity index (χ2v) is 5.75. The van der Waals surface area contributed by atoms with Gasteiger partial charge in [0.1, 0.15) is 0 Å². The lowest BCUT2D eigenvalue weighted by molar-refractivity contribution is -0.139. The second-order valence-electron chi connectivity index (χ2n) is 5.75. The zero-order valence-electron chi connectivity index (χ0n) is 11.6. The molecule has 108 valence electrons. The van der Waals surface area contributed by atoms with Crippen LogP contribution in [0.2, 0.25) is 0 Å². The molecule has 1 aromatic rings. The van der Waals surface area contributed by atoms with Crippen LogP contribution in [-0.4, -0.2) is 41.8 Å². The molecule has 2 atom stereocenters. The lowest BCUT2D eigenvalue weighted by atomic mass is 9.89. The van der Waals surface area contributed by atoms with Gasteiger partial charge >= 0.3 is 5.97 Å². The predicted molar refractivity (Wildman–Crippen MR) is 75.7 cm³/mol. The molecule has 0 spiro atoms. The van der Waals surface area contributed by atoms with Crippen LogP contribution in [0.1, 0.15) is 36.3 Å². The van der Waals surface area contributed by atoms with Gasteiger partial charge in [0.25, 0.3) is 0 Å². The molecule has 0 amide bonds. The van der Waals surface area contributed by atoms with Crippen LogP contribution in [0.25, 0.3) is 0 Å². The van der Waals surface area contributed by atoms with Crippen LogP contribution in [-0.2, 0) is 16.1 Å². The quantitative estimate of drug-likeness (QED) is 0.915. The summed E-state index contributed by atoms with van der Waals surface area (Å²) in [5.74, 6) is -1.12. The molecule has 0 aromatic heterocycles. The third kappa shape index (κ3) is 2.86. The van der Waals surface area contributed by atoms with Crippen LogP contribution in [0.4, 0.5) is 0 Å². The summed E-state index contributed by atoms with van der Waals surface area (Å²) in [5, 5.41) is 9.43. The number of carboxylic acid groups (broad SMARTS) is 1. The van der Waals surface area contributed by atoms with Gasteiger partial charge in [0.15, 0.2) is 0 Å². The Morgan fingerprint density at radius 3 is 3.00 bits per heavy atom. The third-order valence-electron chi connectivity index (χ3n) is 4.35. The van der Waals surface area contributed by atoms with Crippen LogP contribution >= 0.6 is 0 Å². The van der Waals surface area contributed by atoms with Gasteiger partial charge in [0.2, 0.25) is 0 Å². The molecule has 0 radical (unpaired) electrons. The van der Waals surface area contributed by atoms with Gasteiger partial charge in [-0.3, -0.25) is 9.69 Å². The molecule has 0 aliphatic carbocycles. The van der Waals surface area contributed by atoms with E-state index in [1.807, 2.05) is 24.3 Å². The fraction of sp³-hybridized carbons (Fsp3) is 0.562. The highest BCUT2D eigenvalue weighted by atomic mass is 16.5. The van der Waals surface area contributed by atoms with Crippen LogP contribution < -0.4 is 0 Å². The predicted octanol–water partition coefficient (Wildman–Crippen LogP) is 2.24. The summed E-state index contributed by atoms with van der Waals surface area (Å²) in [4.78, 5) is 13.7. The van der Waals surface area contributed by atoms with Gasteiger partial charge in [-0.1, -0.05) is 24.3 Å². The number of hydrogen-bond acceptors (Lipinski definition) is 3. The van der Waals surface area contributed by atoms with E-state index in [0.29, 0.717) is 12.6 Å². The summed E-state index contributed by atoms with van der Waals surface area (Å²) in [6, 6.07) is 7.91. The van der Waals surface area contributed by atoms with E-state index < -0.39 is 11.9 Å². The summed E-state index contributed by atoms with van der Waals surface area (Å²) in [5.41, 5.74) is 2.13. The Morgan fingerprint density at radius 1 is 1.40 bits per heavy atom. The number of benzene rings is 1. The van der Waals surface area contributed by atoms with E-state index in [2.05, 4.69) is 4.90 Å². The molecule has 2 aliphatic rings. The van der Waals surface area contributed by atoms with Crippen LogP contribution in [0.15, 0.2) is 24.3 Å². The van der Waals surface area contributed by atoms with Gasteiger partial charge in [0.05, 0.1) is 12.0 Å². The summed E-state index contributed by atoms with van der Waals surface area (Å²) < 4.78 is 5.64. The highest BCUT2D eigenvalue weighted by Gasteiger charge is 2.30. The number of nitrogens with zero attached hydrogens (tertiary/aromatic N) is 1. The molecule has 20 heavy (non-hydrogen) atoms. The normalized spacial score (nSPS) is 26.4. The topological polar surface area (TPSA) is 49.8 Å². The van der Waals surface area contributed by atoms with Gasteiger partial charge < -0.3 is 9.84 Å². The van der Waals surface area contributed by atoms with Crippen molar-refractivity contribution < 1.29 is 14.6 Å². The molecule has 1 fully saturated rings. The van der Waals surface area contributed by atoms with Gasteiger partial charge in [0, 0.05) is 26.2 Å². The maximum atomic E-state index is 11.5. The molecular weight excluding hydrogens is 254 g/mol. The lowest BCUT2D eigenvalue weighted by Gasteiger charge is -2.33. The van der Waals surface area contributed by atoms with Gasteiger partial charge in [-0.05, 0) is 30.4 Å². The molecule has 3 rings (SSSR count). The van der Waals surface area contributed by atoms with Crippen molar-refractivity contribution in [2.45, 2.75) is 37.8 Å². The highest BCUT2D eigenvalue weighted by molar-refractivity contribution is 5.77. The van der Waals surface area contributed by atoms with E-state index in [0.717, 1.165) is 50.1 Å². The van der Waals surface area contributed by atoms with Gasteiger partial charge in [-0.25, -0.2) is 0 Å². The minimum Gasteiger partial charge on any atom is -0.481 e. The minimum atomic E-state index is -0.723. The van der Waals surface area contributed by atoms with E-state index in [9.17, 15) is 9.90 Å². The SMILES string of the molecule is O=C(O)C1CN(CCC2CCCO2)Cc2ccccc21. The van der Waals surface area contributed by atoms with Crippen molar-refractivity contribution in [2.24, 2.45) is 0 Å². The average molecular weight is 275 g/mol. The molecule has 4 heteroatoms. The molecule has 4 nitrogen and oxygen atoms in total. The molecule has 1 N–H and O–H groups in total. The molecular formula is C16H21NO3. The maximum absolute atomic E-state index is 11.5. The monoisotopic (exact) mass is 275 g/mol. The van der Waals surface area contributed by atoms with E-state index in [-0.39, 0.29) is 0 Å². The second kappa shape index (κ2) is 5.94. The summed E-state index contributed by atoms with van der Waals surface area (Å²) in [6.07, 6.45) is 3.68. The van der Waals surface area contributed by atoms with Gasteiger partial charge in [-0.2, -0.15) is 0 Å². The standard InChI is InChI=1S/C16H21NO3/c18-16(19)15-11-17(8-7-13-5-3-9-20-13)10-12-4-1-2-6-14(12)15/h1-2,4,6,13,15H,3,5,7-11H2,(H,18,19). The Hall–Kier alpha value is -1.39. The molecule has 0 bridgehead atoms. The Bertz CT molecular complexity index is 482. The Morgan fingerprint density at radius 2 is 2.25 bits per heavy atom. The number of fused-ring (bicyclic) bond motifs is 1. The maximum Gasteiger partial charge on any atom is 0.312 e. The van der Waals surface area contributed by atoms with Crippen molar-refractivity contribution in [3.63, 3.8) is 0 Å². The zero-order chi connectivity index (χ0) is 13.9. The molecule has 1 saturated heterocycles. The smallest absolute Gasteiger partial charge is 0.312 e. The van der Waals surface area contributed by atoms with Crippen molar-refractivity contribution in [1.29, 1.82) is 0 Å². The van der Waals surface area contributed by atoms with Gasteiger partial charge in [-0.15, -0.1) is 0 Å². The number of aliphatic carboxylic acids is 1. The van der Waals surface area contributed by atoms with E-state index >= 15 is 0 Å². The molecule has 2 heterocycles. The largest absolute Gasteiger partial charge is 0.481 e. The fourth-order valence-electron chi connectivity index (χ4n) is 3.26. The summed E-state index contributed by atoms with van der Waals surface area (Å²) >= 11 is 0. The third-order valence-corrected chi connectivity index (χ3v) is 4.35. The lowest BCUT2D eigenvalue weighted by Crippen LogP contribution is -2.38. The van der Waals surface area contributed by atoms with Crippen molar-refractivity contribution in [3.05, 3.63) is 35.4 Å². The summed E-state index contributed by atoms with van der Waals surface area (Å²) in [7, 11) is 0. The van der Waals surface area contributed by atoms with Crippen LogP contribution in [0.3, 0.4) is 0 Å². The van der Waals surface area contributed by atoms with E-state index in [1.165, 1.54) is 0 Å². The fourth-order valence-corrected chi connectivity index (χ4v) is 3.26. The van der Waals surface area contributed by atoms with Crippen LogP contribution in [0.5, 0.6) is 0 Å². The molecule has 0 saturated carbocycles. The Labute approximate surface area is 119 Å². The van der Waals surface area contributed by atoms with Crippen molar-refractivity contribution in [2.75, 3.05) is 19.7 Å². The van der Waals surface area contributed by atoms with E-state index in [1.54, 1.807) is 0 Å². The number of ether oxygens (including phenoxy) is 1. The van der Waals surface area contributed by atoms with Crippen molar-refractivity contribution >= 4 is 5.97 Å². The first-order valence-corrected chi connectivity index (χ1v) is 7.38. The first kappa shape index (κ1) is 13.6. The zero-order valence-corrected chi connectivity index (χ0v) is 11.6. The minimum absolute atomic E-state index is 0.371. The highest BCUT2D eigenvalue weighted by Crippen LogP contribution is 2.29.